The molecule has 1 atom stereocenters. The van der Waals surface area contributed by atoms with E-state index in [1.165, 1.54) is 109 Å². The second-order valence-corrected chi connectivity index (χ2v) is 9.41. The second kappa shape index (κ2) is 16.6. The third kappa shape index (κ3) is 13.4. The van der Waals surface area contributed by atoms with Crippen LogP contribution in [-0.2, 0) is 8.85 Å². The van der Waals surface area contributed by atoms with Crippen LogP contribution in [0.4, 0.5) is 0 Å². The maximum atomic E-state index is 6.08. The maximum absolute atomic E-state index is 6.08. The molecule has 0 aliphatic carbocycles. The second-order valence-electron chi connectivity index (χ2n) is 7.64. The van der Waals surface area contributed by atoms with E-state index in [0.29, 0.717) is 6.10 Å². The third-order valence-corrected chi connectivity index (χ3v) is 7.04. The smallest absolute Gasteiger partial charge is 0.384 e. The van der Waals surface area contributed by atoms with E-state index in [-0.39, 0.29) is 0 Å². The predicted molar refractivity (Wildman–Crippen MR) is 107 cm³/mol. The summed E-state index contributed by atoms with van der Waals surface area (Å²) in [6, 6.07) is 1.19. The van der Waals surface area contributed by atoms with Crippen LogP contribution >= 0.6 is 0 Å². The summed E-state index contributed by atoms with van der Waals surface area (Å²) < 4.78 is 11.8. The fourth-order valence-corrected chi connectivity index (χ4v) is 5.26. The van der Waals surface area contributed by atoms with Gasteiger partial charge in [-0.25, -0.2) is 0 Å². The molecule has 1 rings (SSSR count). The van der Waals surface area contributed by atoms with E-state index in [2.05, 4.69) is 13.8 Å². The van der Waals surface area contributed by atoms with Crippen LogP contribution in [-0.4, -0.2) is 22.0 Å². The van der Waals surface area contributed by atoms with Gasteiger partial charge in [0.15, 0.2) is 0 Å². The van der Waals surface area contributed by atoms with Gasteiger partial charge in [0.1, 0.15) is 0 Å². The van der Waals surface area contributed by atoms with Crippen LogP contribution in [0.3, 0.4) is 0 Å². The summed E-state index contributed by atoms with van der Waals surface area (Å²) >= 11 is 0. The molecule has 0 aromatic carbocycles. The molecule has 0 bridgehead atoms. The molecule has 0 N–H and O–H groups in total. The largest absolute Gasteiger partial charge is 0.393 e. The first-order chi connectivity index (χ1) is 11.8. The lowest BCUT2D eigenvalue weighted by Gasteiger charge is -2.23. The zero-order valence-corrected chi connectivity index (χ0v) is 17.6. The highest BCUT2D eigenvalue weighted by Gasteiger charge is 2.21. The standard InChI is InChI=1S/C21H43O2Si/c1-3-4-5-6-7-8-9-10-11-12-13-14-15-18-21(2)23-24-20-17-16-19-22-24/h21H,3-20H2,1-2H3. The minimum atomic E-state index is -0.914. The van der Waals surface area contributed by atoms with Gasteiger partial charge in [-0.05, 0) is 32.2 Å². The van der Waals surface area contributed by atoms with Crippen LogP contribution in [0.25, 0.3) is 0 Å². The zero-order valence-electron chi connectivity index (χ0n) is 16.6. The fraction of sp³-hybridized carbons (Fsp3) is 1.00. The van der Waals surface area contributed by atoms with E-state index in [1.54, 1.807) is 0 Å². The lowest BCUT2D eigenvalue weighted by Crippen LogP contribution is -2.30. The zero-order chi connectivity index (χ0) is 17.3. The van der Waals surface area contributed by atoms with E-state index < -0.39 is 9.28 Å². The van der Waals surface area contributed by atoms with Crippen LogP contribution in [0.1, 0.15) is 117 Å². The van der Waals surface area contributed by atoms with Gasteiger partial charge in [0.25, 0.3) is 0 Å². The average Bonchev–Trinajstić information content (AvgIpc) is 2.60. The van der Waals surface area contributed by atoms with Gasteiger partial charge in [-0.3, -0.25) is 0 Å². The van der Waals surface area contributed by atoms with E-state index in [0.717, 1.165) is 6.61 Å². The highest BCUT2D eigenvalue weighted by molar-refractivity contribution is 6.44. The van der Waals surface area contributed by atoms with Gasteiger partial charge in [-0.15, -0.1) is 0 Å². The molecule has 0 spiro atoms. The number of unbranched alkanes of at least 4 members (excludes halogenated alkanes) is 12. The molecule has 24 heavy (non-hydrogen) atoms. The molecule has 143 valence electrons. The van der Waals surface area contributed by atoms with Crippen molar-refractivity contribution >= 4 is 9.28 Å². The number of rotatable bonds is 16. The summed E-state index contributed by atoms with van der Waals surface area (Å²) in [6.45, 7) is 5.45. The Labute approximate surface area is 153 Å². The molecule has 0 aromatic rings. The summed E-state index contributed by atoms with van der Waals surface area (Å²) in [7, 11) is -0.914. The van der Waals surface area contributed by atoms with E-state index >= 15 is 0 Å². The van der Waals surface area contributed by atoms with Gasteiger partial charge in [0.2, 0.25) is 0 Å². The first-order valence-corrected chi connectivity index (χ1v) is 12.5. The lowest BCUT2D eigenvalue weighted by molar-refractivity contribution is 0.126. The molecule has 0 saturated carbocycles. The van der Waals surface area contributed by atoms with E-state index in [1.807, 2.05) is 0 Å². The van der Waals surface area contributed by atoms with Gasteiger partial charge in [-0.2, -0.15) is 0 Å². The predicted octanol–water partition coefficient (Wildman–Crippen LogP) is 7.17. The van der Waals surface area contributed by atoms with Crippen molar-refractivity contribution in [3.05, 3.63) is 0 Å². The van der Waals surface area contributed by atoms with Crippen molar-refractivity contribution in [2.24, 2.45) is 0 Å². The monoisotopic (exact) mass is 355 g/mol. The number of hydrogen-bond donors (Lipinski definition) is 0. The first kappa shape index (κ1) is 22.2. The van der Waals surface area contributed by atoms with Crippen LogP contribution in [0.15, 0.2) is 0 Å². The molecule has 1 heterocycles. The van der Waals surface area contributed by atoms with Crippen molar-refractivity contribution in [2.45, 2.75) is 129 Å². The Morgan fingerprint density at radius 1 is 0.792 bits per heavy atom. The van der Waals surface area contributed by atoms with Gasteiger partial charge in [-0.1, -0.05) is 90.4 Å². The number of hydrogen-bond acceptors (Lipinski definition) is 2. The van der Waals surface area contributed by atoms with Crippen molar-refractivity contribution in [3.63, 3.8) is 0 Å². The summed E-state index contributed by atoms with van der Waals surface area (Å²) in [5.74, 6) is 0. The van der Waals surface area contributed by atoms with Crippen molar-refractivity contribution < 1.29 is 8.85 Å². The Balaban J connectivity index is 1.75. The van der Waals surface area contributed by atoms with Crippen molar-refractivity contribution in [1.29, 1.82) is 0 Å². The molecule has 1 radical (unpaired) electrons. The molecule has 1 fully saturated rings. The van der Waals surface area contributed by atoms with Crippen LogP contribution in [0.5, 0.6) is 0 Å². The van der Waals surface area contributed by atoms with Gasteiger partial charge < -0.3 is 8.85 Å². The Kier molecular flexibility index (Phi) is 15.3. The fourth-order valence-electron chi connectivity index (χ4n) is 3.46. The molecule has 3 heteroatoms. The van der Waals surface area contributed by atoms with Crippen molar-refractivity contribution in [1.82, 2.24) is 0 Å². The topological polar surface area (TPSA) is 18.5 Å². The van der Waals surface area contributed by atoms with Gasteiger partial charge >= 0.3 is 9.28 Å². The first-order valence-electron chi connectivity index (χ1n) is 11.0. The SMILES string of the molecule is CCCCCCCCCCCCCCCC(C)O[Si]1CCCCO1. The Morgan fingerprint density at radius 3 is 1.83 bits per heavy atom. The van der Waals surface area contributed by atoms with Gasteiger partial charge in [0.05, 0.1) is 0 Å². The molecule has 1 saturated heterocycles. The molecule has 1 aliphatic heterocycles. The summed E-state index contributed by atoms with van der Waals surface area (Å²) in [5, 5.41) is 0. The van der Waals surface area contributed by atoms with Crippen molar-refractivity contribution in [2.75, 3.05) is 6.61 Å². The van der Waals surface area contributed by atoms with E-state index in [9.17, 15) is 0 Å². The van der Waals surface area contributed by atoms with Crippen LogP contribution in [0, 0.1) is 0 Å². The minimum absolute atomic E-state index is 0.407. The highest BCUT2D eigenvalue weighted by Crippen LogP contribution is 2.17. The highest BCUT2D eigenvalue weighted by atomic mass is 28.3. The average molecular weight is 356 g/mol. The quantitative estimate of drug-likeness (QED) is 0.216. The van der Waals surface area contributed by atoms with Crippen LogP contribution in [0.2, 0.25) is 6.04 Å². The molecule has 2 nitrogen and oxygen atoms in total. The Morgan fingerprint density at radius 2 is 1.33 bits per heavy atom. The molecule has 0 aromatic heterocycles. The molecular weight excluding hydrogens is 312 g/mol. The van der Waals surface area contributed by atoms with Crippen LogP contribution < -0.4 is 0 Å². The Hall–Kier alpha value is 0.137. The molecule has 1 aliphatic rings. The Bertz CT molecular complexity index is 254. The molecule has 0 amide bonds. The molecule has 1 unspecified atom stereocenters. The van der Waals surface area contributed by atoms with Gasteiger partial charge in [0, 0.05) is 12.7 Å². The van der Waals surface area contributed by atoms with Crippen molar-refractivity contribution in [3.8, 4) is 0 Å². The summed E-state index contributed by atoms with van der Waals surface area (Å²) in [5.41, 5.74) is 0. The third-order valence-electron chi connectivity index (χ3n) is 5.09. The lowest BCUT2D eigenvalue weighted by atomic mass is 10.0. The van der Waals surface area contributed by atoms with E-state index in [4.69, 9.17) is 8.85 Å². The minimum Gasteiger partial charge on any atom is -0.393 e. The normalized spacial score (nSPS) is 17.2. The maximum Gasteiger partial charge on any atom is 0.384 e. The molecular formula is C21H43O2Si. The summed E-state index contributed by atoms with van der Waals surface area (Å²) in [4.78, 5) is 0. The summed E-state index contributed by atoms with van der Waals surface area (Å²) in [6.07, 6.45) is 22.7.